The normalized spacial score (nSPS) is 41.4. The van der Waals surface area contributed by atoms with Gasteiger partial charge in [0.1, 0.15) is 6.08 Å². The molecule has 2 aliphatic rings. The maximum absolute atomic E-state index is 12.1. The quantitative estimate of drug-likeness (QED) is 0.404. The molecule has 2 aromatic rings. The van der Waals surface area contributed by atoms with Gasteiger partial charge in [-0.25, -0.2) is 9.59 Å². The van der Waals surface area contributed by atoms with E-state index in [4.69, 9.17) is 29.8 Å². The topological polar surface area (TPSA) is 63.6 Å². The second kappa shape index (κ2) is 13.2. The number of aromatic carboxylic acids is 1. The van der Waals surface area contributed by atoms with Crippen LogP contribution in [0.2, 0.25) is 0 Å². The van der Waals surface area contributed by atoms with Gasteiger partial charge in [0, 0.05) is 28.1 Å². The summed E-state index contributed by atoms with van der Waals surface area (Å²) >= 11 is 2.47. The number of hydrogen-bond donors (Lipinski definition) is 1. The fourth-order valence-corrected chi connectivity index (χ4v) is 1.97. The number of carbonyl (C=O) groups is 2. The summed E-state index contributed by atoms with van der Waals surface area (Å²) < 4.78 is 141. The SMILES string of the molecule is O=C(O)c1ccccc1.[2H]C1([2H])C([2H])([2H])C([2H])([2H])C([2H])(Br)C1([2H])[2H].[2H]C1([2H])C([2H])([2H])C([2H])([2H])C([2H])(OC(=O)c2ccccc2)C1([2H])[2H]. The molecule has 0 heterocycles. The first-order valence-electron chi connectivity index (χ1n) is 17.1. The van der Waals surface area contributed by atoms with E-state index in [0.29, 0.717) is 5.56 Å². The largest absolute Gasteiger partial charge is 0.478 e. The summed E-state index contributed by atoms with van der Waals surface area (Å²) in [7, 11) is 0. The highest BCUT2D eigenvalue weighted by Crippen LogP contribution is 2.24. The van der Waals surface area contributed by atoms with E-state index in [1.807, 2.05) is 0 Å². The molecule has 1 N–H and O–H groups in total. The van der Waals surface area contributed by atoms with Crippen LogP contribution < -0.4 is 0 Å². The van der Waals surface area contributed by atoms with E-state index in [1.54, 1.807) is 36.4 Å². The molecule has 29 heavy (non-hydrogen) atoms. The van der Waals surface area contributed by atoms with Crippen molar-refractivity contribution in [3.05, 3.63) is 71.8 Å². The average Bonchev–Trinajstić information content (AvgIpc) is 3.04. The minimum atomic E-state index is -3.42. The lowest BCUT2D eigenvalue weighted by atomic mass is 10.2. The molecule has 0 spiro atoms. The predicted octanol–water partition coefficient (Wildman–Crippen LogP) is 6.49. The third-order valence-corrected chi connectivity index (χ3v) is 3.44. The molecular formula is C24H29BrO4. The molecule has 2 fully saturated rings. The van der Waals surface area contributed by atoms with Crippen molar-refractivity contribution >= 4 is 27.9 Å². The molecule has 2 aliphatic carbocycles. The summed E-state index contributed by atoms with van der Waals surface area (Å²) in [4.78, 5) is 19.6. The molecule has 2 saturated carbocycles. The summed E-state index contributed by atoms with van der Waals surface area (Å²) in [6, 6.07) is 15.4. The van der Waals surface area contributed by atoms with Crippen molar-refractivity contribution in [3.63, 3.8) is 0 Å². The first-order valence-corrected chi connectivity index (χ1v) is 8.84. The Morgan fingerprint density at radius 3 is 1.69 bits per heavy atom. The molecule has 0 aromatic heterocycles. The van der Waals surface area contributed by atoms with Crippen LogP contribution in [0.3, 0.4) is 0 Å². The van der Waals surface area contributed by atoms with Crippen LogP contribution in [0, 0.1) is 0 Å². The number of carboxylic acid groups (broad SMARTS) is 1. The van der Waals surface area contributed by atoms with Gasteiger partial charge in [-0.2, -0.15) is 0 Å². The van der Waals surface area contributed by atoms with Gasteiger partial charge in [0.15, 0.2) is 0 Å². The molecule has 5 heteroatoms. The lowest BCUT2D eigenvalue weighted by molar-refractivity contribution is 0.0317. The number of carbonyl (C=O) groups excluding carboxylic acids is 1. The summed E-state index contributed by atoms with van der Waals surface area (Å²) in [6.07, 6.45) is -29.2. The van der Waals surface area contributed by atoms with Crippen LogP contribution >= 0.6 is 15.9 Å². The van der Waals surface area contributed by atoms with Crippen LogP contribution in [-0.4, -0.2) is 27.9 Å². The Morgan fingerprint density at radius 1 is 0.862 bits per heavy atom. The highest BCUT2D eigenvalue weighted by Gasteiger charge is 2.19. The molecule has 4 nitrogen and oxygen atoms in total. The standard InChI is InChI=1S/C12H14O2.C7H6O2.C5H9Br/c13-12(10-6-2-1-3-7-10)14-11-8-4-5-9-11;8-7(9)6-4-2-1-3-5-6;6-5-3-1-2-4-5/h1-3,6-7,11H,4-5,8-9H2;1-5H,(H,8,9);5H,1-4H2/i4D2,5D2,8D2,9D2,11D;;1D2,2D2,3D2,4D2,5D. The van der Waals surface area contributed by atoms with Crippen LogP contribution in [0.15, 0.2) is 60.7 Å². The Balaban J connectivity index is 0.000000273. The van der Waals surface area contributed by atoms with Gasteiger partial charge in [0.05, 0.1) is 12.5 Å². The van der Waals surface area contributed by atoms with E-state index >= 15 is 0 Å². The van der Waals surface area contributed by atoms with Crippen molar-refractivity contribution in [2.24, 2.45) is 0 Å². The molecule has 0 saturated heterocycles. The van der Waals surface area contributed by atoms with Gasteiger partial charge in [-0.3, -0.25) is 0 Å². The number of esters is 1. The maximum Gasteiger partial charge on any atom is 0.338 e. The van der Waals surface area contributed by atoms with Crippen LogP contribution in [0.1, 0.15) is 96.4 Å². The van der Waals surface area contributed by atoms with Gasteiger partial charge in [-0.15, -0.1) is 0 Å². The summed E-state index contributed by atoms with van der Waals surface area (Å²) in [6.45, 7) is 0. The fraction of sp³-hybridized carbons (Fsp3) is 0.417. The van der Waals surface area contributed by atoms with Crippen molar-refractivity contribution in [1.29, 1.82) is 0 Å². The van der Waals surface area contributed by atoms with Crippen molar-refractivity contribution in [2.45, 2.75) is 61.9 Å². The molecule has 156 valence electrons. The van der Waals surface area contributed by atoms with Gasteiger partial charge < -0.3 is 9.84 Å². The van der Waals surface area contributed by atoms with Crippen LogP contribution in [-0.2, 0) is 4.74 Å². The Labute approximate surface area is 206 Å². The van der Waals surface area contributed by atoms with E-state index in [1.165, 1.54) is 24.3 Å². The van der Waals surface area contributed by atoms with Crippen LogP contribution in [0.4, 0.5) is 0 Å². The number of halogens is 1. The zero-order chi connectivity index (χ0) is 37.1. The van der Waals surface area contributed by atoms with E-state index in [0.717, 1.165) is 0 Å². The number of hydrogen-bond acceptors (Lipinski definition) is 3. The number of ether oxygens (including phenoxy) is 1. The Kier molecular flexibility index (Phi) is 3.87. The average molecular weight is 480 g/mol. The van der Waals surface area contributed by atoms with Crippen LogP contribution in [0.5, 0.6) is 0 Å². The molecule has 0 aliphatic heterocycles. The molecule has 2 aromatic carbocycles. The smallest absolute Gasteiger partial charge is 0.338 e. The van der Waals surface area contributed by atoms with E-state index in [9.17, 15) is 9.59 Å². The van der Waals surface area contributed by atoms with E-state index in [2.05, 4.69) is 20.7 Å². The van der Waals surface area contributed by atoms with Gasteiger partial charge in [-0.1, -0.05) is 65.1 Å². The van der Waals surface area contributed by atoms with Gasteiger partial charge in [-0.05, 0) is 62.5 Å². The highest BCUT2D eigenvalue weighted by molar-refractivity contribution is 9.09. The van der Waals surface area contributed by atoms with Gasteiger partial charge >= 0.3 is 11.9 Å². The van der Waals surface area contributed by atoms with E-state index < -0.39 is 73.8 Å². The van der Waals surface area contributed by atoms with Crippen molar-refractivity contribution < 1.29 is 44.1 Å². The number of rotatable bonds is 3. The molecule has 4 rings (SSSR count). The van der Waals surface area contributed by atoms with Crippen molar-refractivity contribution in [2.75, 3.05) is 0 Å². The second-order valence-electron chi connectivity index (χ2n) is 5.07. The minimum Gasteiger partial charge on any atom is -0.478 e. The van der Waals surface area contributed by atoms with Gasteiger partial charge in [0.2, 0.25) is 0 Å². The lowest BCUT2D eigenvalue weighted by Crippen LogP contribution is -2.14. The zero-order valence-electron chi connectivity index (χ0n) is 32.8. The summed E-state index contributed by atoms with van der Waals surface area (Å²) in [5.41, 5.74) is 0.247. The molecule has 0 radical (unpaired) electrons. The Bertz CT molecular complexity index is 1350. The minimum absolute atomic E-state index is 0.0845. The maximum atomic E-state index is 12.1. The molecule has 0 unspecified atom stereocenters. The summed E-state index contributed by atoms with van der Waals surface area (Å²) in [5.74, 6) is -2.11. The van der Waals surface area contributed by atoms with Crippen LogP contribution in [0.25, 0.3) is 0 Å². The number of alkyl halides is 1. The van der Waals surface area contributed by atoms with Crippen molar-refractivity contribution in [1.82, 2.24) is 0 Å². The van der Waals surface area contributed by atoms with Crippen molar-refractivity contribution in [3.8, 4) is 0 Å². The lowest BCUT2D eigenvalue weighted by Gasteiger charge is -2.10. The first-order chi connectivity index (χ1) is 20.8. The molecule has 0 atom stereocenters. The molecule has 0 amide bonds. The zero-order valence-corrected chi connectivity index (χ0v) is 16.4. The molecular weight excluding hydrogens is 432 g/mol. The molecule has 0 bridgehead atoms. The Morgan fingerprint density at radius 2 is 1.31 bits per heavy atom. The predicted molar refractivity (Wildman–Crippen MR) is 119 cm³/mol. The fourth-order valence-electron chi connectivity index (χ4n) is 1.77. The second-order valence-corrected chi connectivity index (χ2v) is 5.86. The third kappa shape index (κ3) is 9.27. The first kappa shape index (κ1) is 8.54. The third-order valence-electron chi connectivity index (χ3n) is 3.05. The monoisotopic (exact) mass is 478 g/mol. The highest BCUT2D eigenvalue weighted by atomic mass is 79.9. The van der Waals surface area contributed by atoms with E-state index in [-0.39, 0.29) is 5.56 Å². The number of benzene rings is 2. The Hall–Kier alpha value is -2.14. The number of carboxylic acids is 1. The van der Waals surface area contributed by atoms with Gasteiger partial charge in [0.25, 0.3) is 0 Å². The summed E-state index contributed by atoms with van der Waals surface area (Å²) in [5, 5.41) is 8.38.